The van der Waals surface area contributed by atoms with E-state index in [9.17, 15) is 18.3 Å². The van der Waals surface area contributed by atoms with E-state index in [0.717, 1.165) is 76.9 Å². The highest BCUT2D eigenvalue weighted by molar-refractivity contribution is 7.21. The fourth-order valence-electron chi connectivity index (χ4n) is 5.30. The molecule has 7 nitrogen and oxygen atoms in total. The molecule has 6 rings (SSSR count). The average Bonchev–Trinajstić information content (AvgIpc) is 3.67. The highest BCUT2D eigenvalue weighted by Crippen LogP contribution is 2.33. The molecule has 0 aliphatic carbocycles. The molecular weight excluding hydrogens is 575 g/mol. The van der Waals surface area contributed by atoms with Crippen molar-refractivity contribution in [3.63, 3.8) is 0 Å². The number of fused-ring (bicyclic) bond motifs is 1. The molecule has 0 amide bonds. The number of nitrogens with one attached hydrogen (secondary N) is 1. The summed E-state index contributed by atoms with van der Waals surface area (Å²) in [6, 6.07) is 21.1. The first kappa shape index (κ1) is 29.3. The molecule has 3 heterocycles. The van der Waals surface area contributed by atoms with Crippen molar-refractivity contribution < 1.29 is 23.0 Å². The number of ether oxygens (including phenoxy) is 1. The second-order valence-electron chi connectivity index (χ2n) is 10.7. The van der Waals surface area contributed by atoms with Crippen LogP contribution in [0.5, 0.6) is 5.75 Å². The molecule has 0 radical (unpaired) electrons. The molecule has 1 atom stereocenters. The molecule has 0 spiro atoms. The summed E-state index contributed by atoms with van der Waals surface area (Å²) in [6.07, 6.45) is -2.55. The van der Waals surface area contributed by atoms with E-state index < -0.39 is 17.8 Å². The summed E-state index contributed by atoms with van der Waals surface area (Å²) < 4.78 is 45.8. The Morgan fingerprint density at radius 2 is 1.67 bits per heavy atom. The zero-order chi connectivity index (χ0) is 29.8. The van der Waals surface area contributed by atoms with Gasteiger partial charge in [0.15, 0.2) is 0 Å². The van der Waals surface area contributed by atoms with Crippen molar-refractivity contribution in [3.05, 3.63) is 90.3 Å². The largest absolute Gasteiger partial charge is 0.491 e. The molecule has 1 aliphatic rings. The van der Waals surface area contributed by atoms with Crippen LogP contribution in [0.15, 0.2) is 79.0 Å². The number of alkyl halides is 3. The van der Waals surface area contributed by atoms with E-state index in [-0.39, 0.29) is 6.61 Å². The van der Waals surface area contributed by atoms with Gasteiger partial charge in [0.1, 0.15) is 23.5 Å². The molecule has 43 heavy (non-hydrogen) atoms. The van der Waals surface area contributed by atoms with E-state index in [1.54, 1.807) is 17.5 Å². The molecule has 11 heteroatoms. The molecule has 0 saturated carbocycles. The summed E-state index contributed by atoms with van der Waals surface area (Å²) in [5, 5.41) is 18.8. The van der Waals surface area contributed by atoms with E-state index in [1.165, 1.54) is 12.1 Å². The number of hydrogen-bond donors (Lipinski definition) is 2. The lowest BCUT2D eigenvalue weighted by Gasteiger charge is -2.35. The first-order valence-corrected chi connectivity index (χ1v) is 15.1. The third-order valence-corrected chi connectivity index (χ3v) is 8.75. The van der Waals surface area contributed by atoms with E-state index in [2.05, 4.69) is 20.0 Å². The number of benzene rings is 3. The lowest BCUT2D eigenvalue weighted by atomic mass is 10.0. The Hall–Kier alpha value is -3.77. The standard InChI is InChI=1S/C32H32F3N5O2S/c33-32(34,35)24-8-6-22(7-9-24)27-19-36-38-28(27)12-13-39-14-16-40(17-15-39)20-25(41)21-42-26-10-11-30-29(18-26)37-31(43-30)23-4-2-1-3-5-23/h1-11,18-19,25,41H,12-17,20-21H2,(H,36,38). The van der Waals surface area contributed by atoms with Crippen molar-refractivity contribution in [1.82, 2.24) is 25.0 Å². The Bertz CT molecular complexity index is 1630. The summed E-state index contributed by atoms with van der Waals surface area (Å²) in [7, 11) is 0. The van der Waals surface area contributed by atoms with Crippen LogP contribution in [0.25, 0.3) is 31.9 Å². The van der Waals surface area contributed by atoms with E-state index in [4.69, 9.17) is 9.72 Å². The molecule has 5 aromatic rings. The molecule has 1 fully saturated rings. The quantitative estimate of drug-likeness (QED) is 0.204. The Morgan fingerprint density at radius 1 is 0.930 bits per heavy atom. The minimum atomic E-state index is -4.35. The van der Waals surface area contributed by atoms with Crippen molar-refractivity contribution in [2.24, 2.45) is 0 Å². The van der Waals surface area contributed by atoms with Crippen LogP contribution < -0.4 is 4.74 Å². The Kier molecular flexibility index (Phi) is 8.75. The molecule has 1 saturated heterocycles. The van der Waals surface area contributed by atoms with Gasteiger partial charge in [0.25, 0.3) is 0 Å². The van der Waals surface area contributed by atoms with Gasteiger partial charge in [-0.25, -0.2) is 4.98 Å². The fraction of sp³-hybridized carbons (Fsp3) is 0.312. The SMILES string of the molecule is OC(COc1ccc2sc(-c3ccccc3)nc2c1)CN1CCN(CCc2n[nH]cc2-c2ccc(C(F)(F)F)cc2)CC1. The minimum absolute atomic E-state index is 0.202. The fourth-order valence-corrected chi connectivity index (χ4v) is 6.25. The van der Waals surface area contributed by atoms with Gasteiger partial charge in [-0.1, -0.05) is 42.5 Å². The highest BCUT2D eigenvalue weighted by Gasteiger charge is 2.30. The van der Waals surface area contributed by atoms with Crippen molar-refractivity contribution in [2.75, 3.05) is 45.9 Å². The van der Waals surface area contributed by atoms with Crippen LogP contribution >= 0.6 is 11.3 Å². The second-order valence-corrected chi connectivity index (χ2v) is 11.7. The number of H-pyrrole nitrogens is 1. The summed E-state index contributed by atoms with van der Waals surface area (Å²) in [6.45, 7) is 4.90. The van der Waals surface area contributed by atoms with Gasteiger partial charge in [-0.05, 0) is 29.8 Å². The Balaban J connectivity index is 0.943. The predicted molar refractivity (Wildman–Crippen MR) is 162 cm³/mol. The van der Waals surface area contributed by atoms with Crippen LogP contribution in [0.1, 0.15) is 11.3 Å². The molecule has 2 aromatic heterocycles. The number of thiazole rings is 1. The number of nitrogens with zero attached hydrogens (tertiary/aromatic N) is 4. The molecule has 3 aromatic carbocycles. The number of aliphatic hydroxyl groups excluding tert-OH is 1. The topological polar surface area (TPSA) is 77.5 Å². The number of aromatic nitrogens is 3. The average molecular weight is 608 g/mol. The Morgan fingerprint density at radius 3 is 2.42 bits per heavy atom. The number of halogens is 3. The van der Waals surface area contributed by atoms with Crippen molar-refractivity contribution in [1.29, 1.82) is 0 Å². The van der Waals surface area contributed by atoms with Gasteiger partial charge >= 0.3 is 6.18 Å². The van der Waals surface area contributed by atoms with Crippen molar-refractivity contribution >= 4 is 21.6 Å². The van der Waals surface area contributed by atoms with Gasteiger partial charge in [0, 0.05) is 69.1 Å². The maximum absolute atomic E-state index is 12.9. The first-order chi connectivity index (χ1) is 20.8. The summed E-state index contributed by atoms with van der Waals surface area (Å²) in [4.78, 5) is 9.34. The number of β-amino-alcohol motifs (C(OH)–C–C–N with tert-alkyl or cyclic N) is 1. The van der Waals surface area contributed by atoms with Gasteiger partial charge in [0.2, 0.25) is 0 Å². The van der Waals surface area contributed by atoms with Gasteiger partial charge in [-0.3, -0.25) is 10.00 Å². The number of aromatic amines is 1. The lowest BCUT2D eigenvalue weighted by molar-refractivity contribution is -0.137. The molecule has 2 N–H and O–H groups in total. The maximum Gasteiger partial charge on any atom is 0.416 e. The molecule has 1 unspecified atom stereocenters. The smallest absolute Gasteiger partial charge is 0.416 e. The second kappa shape index (κ2) is 12.8. The minimum Gasteiger partial charge on any atom is -0.491 e. The number of aliphatic hydroxyl groups is 1. The maximum atomic E-state index is 12.9. The zero-order valence-electron chi connectivity index (χ0n) is 23.4. The lowest BCUT2D eigenvalue weighted by Crippen LogP contribution is -2.49. The molecule has 224 valence electrons. The predicted octanol–water partition coefficient (Wildman–Crippen LogP) is 5.97. The number of piperazine rings is 1. The normalized spacial score (nSPS) is 15.6. The monoisotopic (exact) mass is 607 g/mol. The molecule has 1 aliphatic heterocycles. The van der Waals surface area contributed by atoms with Crippen LogP contribution in [-0.2, 0) is 12.6 Å². The summed E-state index contributed by atoms with van der Waals surface area (Å²) >= 11 is 1.64. The highest BCUT2D eigenvalue weighted by atomic mass is 32.1. The van der Waals surface area contributed by atoms with Gasteiger partial charge in [-0.2, -0.15) is 18.3 Å². The van der Waals surface area contributed by atoms with Gasteiger partial charge in [-0.15, -0.1) is 11.3 Å². The van der Waals surface area contributed by atoms with Gasteiger partial charge < -0.3 is 14.7 Å². The third-order valence-electron chi connectivity index (χ3n) is 7.66. The van der Waals surface area contributed by atoms with Crippen LogP contribution in [0.2, 0.25) is 0 Å². The molecular formula is C32H32F3N5O2S. The van der Waals surface area contributed by atoms with E-state index in [0.29, 0.717) is 24.3 Å². The van der Waals surface area contributed by atoms with Crippen molar-refractivity contribution in [2.45, 2.75) is 18.7 Å². The van der Waals surface area contributed by atoms with E-state index in [1.807, 2.05) is 48.5 Å². The van der Waals surface area contributed by atoms with E-state index >= 15 is 0 Å². The van der Waals surface area contributed by atoms with Gasteiger partial charge in [0.05, 0.1) is 21.5 Å². The summed E-state index contributed by atoms with van der Waals surface area (Å²) in [5.41, 5.74) is 3.67. The summed E-state index contributed by atoms with van der Waals surface area (Å²) in [5.74, 6) is 0.690. The van der Waals surface area contributed by atoms with Crippen LogP contribution in [0.4, 0.5) is 13.2 Å². The van der Waals surface area contributed by atoms with Crippen LogP contribution in [0, 0.1) is 0 Å². The Labute approximate surface area is 251 Å². The number of rotatable bonds is 10. The first-order valence-electron chi connectivity index (χ1n) is 14.2. The number of hydrogen-bond acceptors (Lipinski definition) is 7. The molecule has 0 bridgehead atoms. The van der Waals surface area contributed by atoms with Crippen LogP contribution in [-0.4, -0.2) is 82.1 Å². The van der Waals surface area contributed by atoms with Crippen molar-refractivity contribution in [3.8, 4) is 27.4 Å². The van der Waals surface area contributed by atoms with Crippen LogP contribution in [0.3, 0.4) is 0 Å². The zero-order valence-corrected chi connectivity index (χ0v) is 24.2. The third kappa shape index (κ3) is 7.24.